The Kier molecular flexibility index (Phi) is 5.23. The molecule has 0 bridgehead atoms. The Bertz CT molecular complexity index is 487. The van der Waals surface area contributed by atoms with Crippen LogP contribution in [-0.4, -0.2) is 38.1 Å². The highest BCUT2D eigenvalue weighted by atomic mass is 16.5. The average Bonchev–Trinajstić information content (AvgIpc) is 2.86. The van der Waals surface area contributed by atoms with E-state index in [0.717, 1.165) is 17.9 Å². The highest BCUT2D eigenvalue weighted by Crippen LogP contribution is 2.27. The molecule has 1 fully saturated rings. The smallest absolute Gasteiger partial charge is 0.222 e. The number of amides is 1. The number of rotatable bonds is 6. The predicted octanol–water partition coefficient (Wildman–Crippen LogP) is 2.46. The van der Waals surface area contributed by atoms with Crippen LogP contribution in [0.2, 0.25) is 0 Å². The standard InChI is InChI=1S/C17H26N2O2/c1-12(2)14-9-17(20)19(10-14)11-16(18-3)13-6-5-7-15(8-13)21-4/h5-8,12,14,16,18H,9-11H2,1-4H3. The van der Waals surface area contributed by atoms with Crippen LogP contribution in [-0.2, 0) is 4.79 Å². The van der Waals surface area contributed by atoms with E-state index in [1.807, 2.05) is 30.1 Å². The summed E-state index contributed by atoms with van der Waals surface area (Å²) in [6.07, 6.45) is 0.687. The molecular formula is C17H26N2O2. The number of hydrogen-bond acceptors (Lipinski definition) is 3. The largest absolute Gasteiger partial charge is 0.497 e. The molecule has 0 radical (unpaired) electrons. The summed E-state index contributed by atoms with van der Waals surface area (Å²) >= 11 is 0. The second-order valence-electron chi connectivity index (χ2n) is 6.12. The fourth-order valence-electron chi connectivity index (χ4n) is 2.87. The summed E-state index contributed by atoms with van der Waals surface area (Å²) < 4.78 is 5.28. The minimum Gasteiger partial charge on any atom is -0.497 e. The Hall–Kier alpha value is -1.55. The van der Waals surface area contributed by atoms with Crippen LogP contribution in [0.15, 0.2) is 24.3 Å². The molecule has 1 heterocycles. The monoisotopic (exact) mass is 290 g/mol. The van der Waals surface area contributed by atoms with Crippen molar-refractivity contribution < 1.29 is 9.53 Å². The van der Waals surface area contributed by atoms with E-state index >= 15 is 0 Å². The minimum atomic E-state index is 0.134. The van der Waals surface area contributed by atoms with E-state index in [2.05, 4.69) is 25.2 Å². The number of likely N-dealkylation sites (N-methyl/N-ethyl adjacent to an activating group) is 1. The summed E-state index contributed by atoms with van der Waals surface area (Å²) in [6, 6.07) is 8.16. The van der Waals surface area contributed by atoms with Gasteiger partial charge in [-0.2, -0.15) is 0 Å². The molecule has 4 heteroatoms. The van der Waals surface area contributed by atoms with Gasteiger partial charge in [-0.3, -0.25) is 4.79 Å². The van der Waals surface area contributed by atoms with Gasteiger partial charge in [-0.1, -0.05) is 26.0 Å². The molecule has 2 atom stereocenters. The summed E-state index contributed by atoms with van der Waals surface area (Å²) in [5.41, 5.74) is 1.15. The molecule has 2 rings (SSSR count). The molecule has 116 valence electrons. The first-order valence-electron chi connectivity index (χ1n) is 7.64. The number of benzene rings is 1. The van der Waals surface area contributed by atoms with E-state index in [0.29, 0.717) is 24.8 Å². The third-order valence-electron chi connectivity index (χ3n) is 4.43. The second kappa shape index (κ2) is 6.94. The van der Waals surface area contributed by atoms with Crippen molar-refractivity contribution in [2.45, 2.75) is 26.3 Å². The SMILES string of the molecule is CNC(CN1CC(C(C)C)CC1=O)c1cccc(OC)c1. The maximum Gasteiger partial charge on any atom is 0.222 e. The minimum absolute atomic E-state index is 0.134. The molecule has 1 aliphatic heterocycles. The van der Waals surface area contributed by atoms with Crippen LogP contribution in [0.5, 0.6) is 5.75 Å². The van der Waals surface area contributed by atoms with Gasteiger partial charge in [-0.05, 0) is 36.6 Å². The molecule has 4 nitrogen and oxygen atoms in total. The first-order chi connectivity index (χ1) is 10.0. The van der Waals surface area contributed by atoms with Crippen molar-refractivity contribution in [2.75, 3.05) is 27.2 Å². The normalized spacial score (nSPS) is 20.1. The Balaban J connectivity index is 2.07. The first-order valence-corrected chi connectivity index (χ1v) is 7.64. The number of likely N-dealkylation sites (tertiary alicyclic amines) is 1. The van der Waals surface area contributed by atoms with Crippen molar-refractivity contribution in [1.82, 2.24) is 10.2 Å². The van der Waals surface area contributed by atoms with E-state index in [-0.39, 0.29) is 11.9 Å². The van der Waals surface area contributed by atoms with Gasteiger partial charge in [-0.15, -0.1) is 0 Å². The van der Waals surface area contributed by atoms with E-state index in [4.69, 9.17) is 4.74 Å². The quantitative estimate of drug-likeness (QED) is 0.875. The van der Waals surface area contributed by atoms with Crippen LogP contribution >= 0.6 is 0 Å². The molecule has 1 amide bonds. The van der Waals surface area contributed by atoms with Gasteiger partial charge in [-0.25, -0.2) is 0 Å². The number of ether oxygens (including phenoxy) is 1. The van der Waals surface area contributed by atoms with Crippen molar-refractivity contribution in [1.29, 1.82) is 0 Å². The van der Waals surface area contributed by atoms with Crippen LogP contribution < -0.4 is 10.1 Å². The lowest BCUT2D eigenvalue weighted by Gasteiger charge is -2.25. The molecule has 21 heavy (non-hydrogen) atoms. The lowest BCUT2D eigenvalue weighted by molar-refractivity contribution is -0.128. The zero-order valence-corrected chi connectivity index (χ0v) is 13.4. The Morgan fingerprint density at radius 2 is 2.19 bits per heavy atom. The van der Waals surface area contributed by atoms with Crippen LogP contribution in [0, 0.1) is 11.8 Å². The van der Waals surface area contributed by atoms with E-state index < -0.39 is 0 Å². The third kappa shape index (κ3) is 3.76. The predicted molar refractivity (Wildman–Crippen MR) is 84.3 cm³/mol. The number of nitrogens with zero attached hydrogens (tertiary/aromatic N) is 1. The van der Waals surface area contributed by atoms with Gasteiger partial charge >= 0.3 is 0 Å². The molecule has 0 aromatic heterocycles. The Labute approximate surface area is 127 Å². The molecule has 1 aliphatic rings. The summed E-state index contributed by atoms with van der Waals surface area (Å²) in [4.78, 5) is 14.2. The molecule has 0 spiro atoms. The molecular weight excluding hydrogens is 264 g/mol. The van der Waals surface area contributed by atoms with Gasteiger partial charge in [0.15, 0.2) is 0 Å². The molecule has 0 saturated carbocycles. The van der Waals surface area contributed by atoms with Gasteiger partial charge in [0.2, 0.25) is 5.91 Å². The van der Waals surface area contributed by atoms with Crippen LogP contribution in [0.4, 0.5) is 0 Å². The average molecular weight is 290 g/mol. The van der Waals surface area contributed by atoms with Crippen LogP contribution in [0.3, 0.4) is 0 Å². The molecule has 1 saturated heterocycles. The van der Waals surface area contributed by atoms with Crippen LogP contribution in [0.1, 0.15) is 31.9 Å². The van der Waals surface area contributed by atoms with E-state index in [9.17, 15) is 4.79 Å². The summed E-state index contributed by atoms with van der Waals surface area (Å²) in [5.74, 6) is 2.17. The fraction of sp³-hybridized carbons (Fsp3) is 0.588. The zero-order valence-electron chi connectivity index (χ0n) is 13.4. The molecule has 1 aromatic carbocycles. The van der Waals surface area contributed by atoms with Crippen molar-refractivity contribution in [2.24, 2.45) is 11.8 Å². The summed E-state index contributed by atoms with van der Waals surface area (Å²) in [6.45, 7) is 5.97. The van der Waals surface area contributed by atoms with E-state index in [1.54, 1.807) is 7.11 Å². The maximum absolute atomic E-state index is 12.2. The maximum atomic E-state index is 12.2. The molecule has 1 aromatic rings. The Morgan fingerprint density at radius 3 is 2.76 bits per heavy atom. The van der Waals surface area contributed by atoms with Crippen LogP contribution in [0.25, 0.3) is 0 Å². The number of carbonyl (C=O) groups is 1. The van der Waals surface area contributed by atoms with Gasteiger partial charge in [0.1, 0.15) is 5.75 Å². The van der Waals surface area contributed by atoms with Gasteiger partial charge in [0.05, 0.1) is 7.11 Å². The summed E-state index contributed by atoms with van der Waals surface area (Å²) in [5, 5.41) is 3.31. The third-order valence-corrected chi connectivity index (χ3v) is 4.43. The van der Waals surface area contributed by atoms with Gasteiger partial charge in [0, 0.05) is 25.6 Å². The first kappa shape index (κ1) is 15.8. The fourth-order valence-corrected chi connectivity index (χ4v) is 2.87. The van der Waals surface area contributed by atoms with Crippen molar-refractivity contribution >= 4 is 5.91 Å². The zero-order chi connectivity index (χ0) is 15.4. The highest BCUT2D eigenvalue weighted by Gasteiger charge is 2.32. The molecule has 1 N–H and O–H groups in total. The second-order valence-corrected chi connectivity index (χ2v) is 6.12. The number of hydrogen-bond donors (Lipinski definition) is 1. The van der Waals surface area contributed by atoms with Crippen molar-refractivity contribution in [3.05, 3.63) is 29.8 Å². The number of nitrogens with one attached hydrogen (secondary N) is 1. The lowest BCUT2D eigenvalue weighted by Crippen LogP contribution is -2.35. The number of methoxy groups -OCH3 is 1. The summed E-state index contributed by atoms with van der Waals surface area (Å²) in [7, 11) is 3.61. The highest BCUT2D eigenvalue weighted by molar-refractivity contribution is 5.78. The van der Waals surface area contributed by atoms with Crippen molar-refractivity contribution in [3.8, 4) is 5.75 Å². The van der Waals surface area contributed by atoms with Gasteiger partial charge < -0.3 is 15.0 Å². The lowest BCUT2D eigenvalue weighted by atomic mass is 9.95. The molecule has 0 aliphatic carbocycles. The van der Waals surface area contributed by atoms with E-state index in [1.165, 1.54) is 0 Å². The topological polar surface area (TPSA) is 41.6 Å². The number of carbonyl (C=O) groups excluding carboxylic acids is 1. The van der Waals surface area contributed by atoms with Gasteiger partial charge in [0.25, 0.3) is 0 Å². The molecule has 2 unspecified atom stereocenters. The Morgan fingerprint density at radius 1 is 1.43 bits per heavy atom. The van der Waals surface area contributed by atoms with Crippen molar-refractivity contribution in [3.63, 3.8) is 0 Å².